The third-order valence-electron chi connectivity index (χ3n) is 1.06. The van der Waals surface area contributed by atoms with Crippen molar-refractivity contribution in [2.75, 3.05) is 6.54 Å². The molecular formula is C4H8ClN3O2. The lowest BCUT2D eigenvalue weighted by Gasteiger charge is -2.17. The minimum atomic E-state index is -0.595. The first-order valence-corrected chi connectivity index (χ1v) is 2.54. The number of halogens is 1. The van der Waals surface area contributed by atoms with Crippen LogP contribution in [0.5, 0.6) is 0 Å². The van der Waals surface area contributed by atoms with Gasteiger partial charge in [0.25, 0.3) is 0 Å². The van der Waals surface area contributed by atoms with Gasteiger partial charge in [-0.1, -0.05) is 0 Å². The summed E-state index contributed by atoms with van der Waals surface area (Å²) in [7, 11) is 0. The van der Waals surface area contributed by atoms with Gasteiger partial charge in [0.2, 0.25) is 5.91 Å². The van der Waals surface area contributed by atoms with Crippen LogP contribution in [0.2, 0.25) is 0 Å². The van der Waals surface area contributed by atoms with Crippen LogP contribution in [-0.4, -0.2) is 24.5 Å². The monoisotopic (exact) mass is 165 g/mol. The van der Waals surface area contributed by atoms with Gasteiger partial charge in [-0.2, -0.15) is 0 Å². The number of carbonyl (C=O) groups is 2. The SMILES string of the molecule is Cl.NC1CNC(=O)NC1=O. The van der Waals surface area contributed by atoms with Crippen LogP contribution < -0.4 is 16.4 Å². The number of urea groups is 1. The largest absolute Gasteiger partial charge is 0.336 e. The van der Waals surface area contributed by atoms with E-state index in [0.717, 1.165) is 0 Å². The van der Waals surface area contributed by atoms with Gasteiger partial charge in [-0.15, -0.1) is 12.4 Å². The molecule has 0 saturated carbocycles. The maximum absolute atomic E-state index is 10.5. The second kappa shape index (κ2) is 3.38. The molecule has 0 aromatic rings. The standard InChI is InChI=1S/C4H7N3O2.ClH/c5-2-1-6-4(9)7-3(2)8;/h2H,1,5H2,(H2,6,7,8,9);1H. The van der Waals surface area contributed by atoms with E-state index >= 15 is 0 Å². The molecule has 0 aromatic carbocycles. The average Bonchev–Trinajstić information content (AvgIpc) is 1.80. The Kier molecular flexibility index (Phi) is 3.11. The Morgan fingerprint density at radius 1 is 1.50 bits per heavy atom. The number of imide groups is 1. The first-order valence-electron chi connectivity index (χ1n) is 2.54. The van der Waals surface area contributed by atoms with Crippen LogP contribution in [0.15, 0.2) is 0 Å². The molecule has 1 rings (SSSR count). The Hall–Kier alpha value is -0.810. The predicted octanol–water partition coefficient (Wildman–Crippen LogP) is -1.43. The second-order valence-electron chi connectivity index (χ2n) is 1.81. The van der Waals surface area contributed by atoms with Crippen LogP contribution in [0.1, 0.15) is 0 Å². The van der Waals surface area contributed by atoms with Gasteiger partial charge in [-0.05, 0) is 0 Å². The fourth-order valence-corrected chi connectivity index (χ4v) is 0.544. The molecular weight excluding hydrogens is 158 g/mol. The molecule has 10 heavy (non-hydrogen) atoms. The summed E-state index contributed by atoms with van der Waals surface area (Å²) in [5, 5.41) is 4.38. The fraction of sp³-hybridized carbons (Fsp3) is 0.500. The summed E-state index contributed by atoms with van der Waals surface area (Å²) in [4.78, 5) is 20.8. The fourth-order valence-electron chi connectivity index (χ4n) is 0.544. The van der Waals surface area contributed by atoms with Crippen LogP contribution in [0, 0.1) is 0 Å². The van der Waals surface area contributed by atoms with Crippen LogP contribution in [-0.2, 0) is 4.79 Å². The molecule has 1 aliphatic rings. The van der Waals surface area contributed by atoms with E-state index in [1.54, 1.807) is 0 Å². The molecule has 5 nitrogen and oxygen atoms in total. The van der Waals surface area contributed by atoms with Crippen molar-refractivity contribution >= 4 is 24.3 Å². The molecule has 1 saturated heterocycles. The minimum Gasteiger partial charge on any atom is -0.336 e. The van der Waals surface area contributed by atoms with Crippen molar-refractivity contribution in [2.24, 2.45) is 5.73 Å². The number of hydrogen-bond donors (Lipinski definition) is 3. The van der Waals surface area contributed by atoms with Gasteiger partial charge in [-0.3, -0.25) is 10.1 Å². The van der Waals surface area contributed by atoms with Gasteiger partial charge < -0.3 is 11.1 Å². The number of nitrogens with two attached hydrogens (primary N) is 1. The van der Waals surface area contributed by atoms with Gasteiger partial charge in [0.05, 0.1) is 0 Å². The van der Waals surface area contributed by atoms with Crippen LogP contribution >= 0.6 is 12.4 Å². The molecule has 6 heteroatoms. The molecule has 1 heterocycles. The maximum atomic E-state index is 10.5. The average molecular weight is 166 g/mol. The lowest BCUT2D eigenvalue weighted by molar-refractivity contribution is -0.121. The van der Waals surface area contributed by atoms with Crippen molar-refractivity contribution < 1.29 is 9.59 Å². The lowest BCUT2D eigenvalue weighted by Crippen LogP contribution is -2.58. The lowest BCUT2D eigenvalue weighted by atomic mass is 10.2. The number of amides is 3. The molecule has 4 N–H and O–H groups in total. The molecule has 1 unspecified atom stereocenters. The van der Waals surface area contributed by atoms with Gasteiger partial charge in [0.15, 0.2) is 0 Å². The van der Waals surface area contributed by atoms with E-state index in [1.807, 2.05) is 5.32 Å². The van der Waals surface area contributed by atoms with Crippen molar-refractivity contribution in [3.05, 3.63) is 0 Å². The minimum absolute atomic E-state index is 0. The predicted molar refractivity (Wildman–Crippen MR) is 36.8 cm³/mol. The number of hydrogen-bond acceptors (Lipinski definition) is 3. The number of carbonyl (C=O) groups excluding carboxylic acids is 2. The van der Waals surface area contributed by atoms with Crippen LogP contribution in [0.4, 0.5) is 4.79 Å². The molecule has 58 valence electrons. The van der Waals surface area contributed by atoms with Gasteiger partial charge in [0, 0.05) is 6.54 Å². The number of nitrogens with one attached hydrogen (secondary N) is 2. The number of rotatable bonds is 0. The first-order chi connectivity index (χ1) is 4.20. The molecule has 0 aliphatic carbocycles. The molecule has 0 spiro atoms. The zero-order chi connectivity index (χ0) is 6.85. The zero-order valence-electron chi connectivity index (χ0n) is 5.09. The highest BCUT2D eigenvalue weighted by Gasteiger charge is 2.21. The van der Waals surface area contributed by atoms with E-state index in [9.17, 15) is 9.59 Å². The van der Waals surface area contributed by atoms with E-state index in [1.165, 1.54) is 0 Å². The van der Waals surface area contributed by atoms with Gasteiger partial charge in [0.1, 0.15) is 6.04 Å². The highest BCUT2D eigenvalue weighted by atomic mass is 35.5. The normalized spacial score (nSPS) is 24.3. The van der Waals surface area contributed by atoms with Gasteiger partial charge >= 0.3 is 6.03 Å². The van der Waals surface area contributed by atoms with E-state index in [4.69, 9.17) is 5.73 Å². The van der Waals surface area contributed by atoms with Crippen molar-refractivity contribution in [3.63, 3.8) is 0 Å². The Balaban J connectivity index is 0.000000810. The molecule has 3 amide bonds. The molecule has 1 aliphatic heterocycles. The summed E-state index contributed by atoms with van der Waals surface area (Å²) in [6, 6.07) is -1.07. The van der Waals surface area contributed by atoms with E-state index in [-0.39, 0.29) is 19.0 Å². The van der Waals surface area contributed by atoms with Crippen molar-refractivity contribution in [2.45, 2.75) is 6.04 Å². The molecule has 0 aromatic heterocycles. The Morgan fingerprint density at radius 2 is 2.10 bits per heavy atom. The van der Waals surface area contributed by atoms with Crippen molar-refractivity contribution in [1.29, 1.82) is 0 Å². The summed E-state index contributed by atoms with van der Waals surface area (Å²) < 4.78 is 0. The van der Waals surface area contributed by atoms with Crippen molar-refractivity contribution in [3.8, 4) is 0 Å². The second-order valence-corrected chi connectivity index (χ2v) is 1.81. The van der Waals surface area contributed by atoms with Gasteiger partial charge in [-0.25, -0.2) is 4.79 Å². The highest BCUT2D eigenvalue weighted by Crippen LogP contribution is 1.82. The topological polar surface area (TPSA) is 84.2 Å². The summed E-state index contributed by atoms with van der Waals surface area (Å²) in [5.41, 5.74) is 5.21. The van der Waals surface area contributed by atoms with Crippen LogP contribution in [0.25, 0.3) is 0 Å². The Labute approximate surface area is 63.7 Å². The summed E-state index contributed by atoms with van der Waals surface area (Å²) in [5.74, 6) is -0.418. The molecule has 0 radical (unpaired) electrons. The smallest absolute Gasteiger partial charge is 0.321 e. The molecule has 1 fully saturated rings. The van der Waals surface area contributed by atoms with Crippen molar-refractivity contribution in [1.82, 2.24) is 10.6 Å². The first kappa shape index (κ1) is 9.19. The molecule has 0 bridgehead atoms. The third-order valence-corrected chi connectivity index (χ3v) is 1.06. The van der Waals surface area contributed by atoms with E-state index in [2.05, 4.69) is 5.32 Å². The maximum Gasteiger partial charge on any atom is 0.321 e. The summed E-state index contributed by atoms with van der Waals surface area (Å²) >= 11 is 0. The quantitative estimate of drug-likeness (QED) is 0.412. The Morgan fingerprint density at radius 3 is 2.50 bits per heavy atom. The Bertz CT molecular complexity index is 161. The van der Waals surface area contributed by atoms with E-state index < -0.39 is 18.0 Å². The molecule has 1 atom stereocenters. The van der Waals surface area contributed by atoms with E-state index in [0.29, 0.717) is 0 Å². The summed E-state index contributed by atoms with van der Waals surface area (Å²) in [6.07, 6.45) is 0. The highest BCUT2D eigenvalue weighted by molar-refractivity contribution is 5.99. The summed E-state index contributed by atoms with van der Waals surface area (Å²) in [6.45, 7) is 0.227. The van der Waals surface area contributed by atoms with Crippen LogP contribution in [0.3, 0.4) is 0 Å². The zero-order valence-corrected chi connectivity index (χ0v) is 5.90. The third kappa shape index (κ3) is 1.85.